The number of carbonyl (C=O) groups excluding carboxylic acids is 1. The van der Waals surface area contributed by atoms with Gasteiger partial charge in [-0.15, -0.1) is 0 Å². The van der Waals surface area contributed by atoms with Crippen molar-refractivity contribution < 1.29 is 9.90 Å². The number of carbonyl (C=O) groups is 1. The monoisotopic (exact) mass is 429 g/mol. The van der Waals surface area contributed by atoms with Crippen LogP contribution < -0.4 is 10.6 Å². The number of hydrogen-bond donors (Lipinski definition) is 3. The van der Waals surface area contributed by atoms with Gasteiger partial charge in [-0.2, -0.15) is 0 Å². The van der Waals surface area contributed by atoms with Gasteiger partial charge in [-0.1, -0.05) is 37.1 Å². The van der Waals surface area contributed by atoms with Gasteiger partial charge in [-0.05, 0) is 36.8 Å². The molecule has 1 saturated heterocycles. The molecule has 2 fully saturated rings. The Hall–Kier alpha value is -2.12. The molecule has 1 amide bonds. The zero-order valence-corrected chi connectivity index (χ0v) is 19.4. The van der Waals surface area contributed by atoms with Crippen molar-refractivity contribution in [3.63, 3.8) is 0 Å². The van der Waals surface area contributed by atoms with Gasteiger partial charge in [0, 0.05) is 53.9 Å². The lowest BCUT2D eigenvalue weighted by Gasteiger charge is -2.31. The highest BCUT2D eigenvalue weighted by molar-refractivity contribution is 5.85. The van der Waals surface area contributed by atoms with E-state index >= 15 is 0 Å². The van der Waals surface area contributed by atoms with E-state index in [1.54, 1.807) is 11.9 Å². The number of aliphatic imine (C=N–C) groups is 1. The second kappa shape index (κ2) is 11.0. The number of nitrogens with one attached hydrogen (secondary N) is 2. The van der Waals surface area contributed by atoms with Gasteiger partial charge in [-0.3, -0.25) is 14.7 Å². The molecule has 0 spiro atoms. The van der Waals surface area contributed by atoms with Crippen LogP contribution in [0.1, 0.15) is 49.7 Å². The van der Waals surface area contributed by atoms with E-state index in [1.807, 2.05) is 14.1 Å². The Morgan fingerprint density at radius 3 is 2.32 bits per heavy atom. The summed E-state index contributed by atoms with van der Waals surface area (Å²) < 4.78 is 0. The number of aliphatic hydroxyl groups is 1. The first-order valence-electron chi connectivity index (χ1n) is 11.6. The Balaban J connectivity index is 1.47. The Kier molecular flexibility index (Phi) is 8.32. The minimum Gasteiger partial charge on any atom is -0.393 e. The van der Waals surface area contributed by atoms with Crippen LogP contribution in [0.3, 0.4) is 0 Å². The van der Waals surface area contributed by atoms with Crippen LogP contribution in [0.25, 0.3) is 0 Å². The summed E-state index contributed by atoms with van der Waals surface area (Å²) in [4.78, 5) is 21.2. The summed E-state index contributed by atoms with van der Waals surface area (Å²) in [6.45, 7) is 4.16. The molecule has 3 rings (SSSR count). The number of rotatable bonds is 7. The third-order valence-corrected chi connectivity index (χ3v) is 6.68. The number of aliphatic hydroxyl groups excluding tert-OH is 1. The van der Waals surface area contributed by atoms with Gasteiger partial charge < -0.3 is 20.6 Å². The van der Waals surface area contributed by atoms with Gasteiger partial charge >= 0.3 is 0 Å². The topological polar surface area (TPSA) is 80.2 Å². The van der Waals surface area contributed by atoms with Crippen molar-refractivity contribution in [3.8, 4) is 0 Å². The van der Waals surface area contributed by atoms with E-state index in [-0.39, 0.29) is 17.4 Å². The van der Waals surface area contributed by atoms with E-state index in [0.29, 0.717) is 13.1 Å². The Bertz CT molecular complexity index is 733. The van der Waals surface area contributed by atoms with E-state index in [9.17, 15) is 9.90 Å². The molecule has 1 heterocycles. The van der Waals surface area contributed by atoms with Crippen molar-refractivity contribution in [2.45, 2.75) is 57.7 Å². The van der Waals surface area contributed by atoms with E-state index < -0.39 is 0 Å². The smallest absolute Gasteiger partial charge is 0.230 e. The van der Waals surface area contributed by atoms with Crippen molar-refractivity contribution in [3.05, 3.63) is 35.4 Å². The normalized spacial score (nSPS) is 19.9. The lowest BCUT2D eigenvalue weighted by atomic mass is 9.84. The molecule has 7 heteroatoms. The second-order valence-electron chi connectivity index (χ2n) is 9.29. The first-order valence-corrected chi connectivity index (χ1v) is 11.6. The molecule has 172 valence electrons. The minimum absolute atomic E-state index is 0.128. The van der Waals surface area contributed by atoms with Crippen molar-refractivity contribution in [2.75, 3.05) is 40.8 Å². The summed E-state index contributed by atoms with van der Waals surface area (Å²) in [5, 5.41) is 16.4. The average molecular weight is 430 g/mol. The summed E-state index contributed by atoms with van der Waals surface area (Å²) >= 11 is 0. The predicted molar refractivity (Wildman–Crippen MR) is 125 cm³/mol. The van der Waals surface area contributed by atoms with Crippen LogP contribution in [0.15, 0.2) is 29.3 Å². The number of hydrogen-bond acceptors (Lipinski definition) is 4. The largest absolute Gasteiger partial charge is 0.393 e. The summed E-state index contributed by atoms with van der Waals surface area (Å²) in [5.41, 5.74) is 2.18. The first-order chi connectivity index (χ1) is 14.9. The van der Waals surface area contributed by atoms with Gasteiger partial charge in [0.25, 0.3) is 0 Å². The summed E-state index contributed by atoms with van der Waals surface area (Å²) in [6.07, 6.45) is 5.70. The van der Waals surface area contributed by atoms with Crippen LogP contribution in [-0.4, -0.2) is 73.7 Å². The minimum atomic E-state index is -0.312. The second-order valence-corrected chi connectivity index (χ2v) is 9.29. The summed E-state index contributed by atoms with van der Waals surface area (Å²) in [7, 11) is 5.45. The fourth-order valence-electron chi connectivity index (χ4n) is 4.75. The molecule has 0 aromatic heterocycles. The van der Waals surface area contributed by atoms with Crippen LogP contribution in [0.4, 0.5) is 0 Å². The van der Waals surface area contributed by atoms with Crippen LogP contribution >= 0.6 is 0 Å². The maximum atomic E-state index is 12.7. The Morgan fingerprint density at radius 2 is 1.74 bits per heavy atom. The molecule has 0 radical (unpaired) electrons. The number of amides is 1. The van der Waals surface area contributed by atoms with Crippen molar-refractivity contribution in [1.82, 2.24) is 20.4 Å². The SMILES string of the molecule is CN=C(NCc1ccc(CN2CCC(O)CC2)cc1)NCC1(C(=O)N(C)C)CCCC1. The molecule has 1 aromatic rings. The Labute approximate surface area is 186 Å². The maximum Gasteiger partial charge on any atom is 0.230 e. The highest BCUT2D eigenvalue weighted by Crippen LogP contribution is 2.38. The fourth-order valence-corrected chi connectivity index (χ4v) is 4.75. The zero-order valence-electron chi connectivity index (χ0n) is 19.4. The molecule has 7 nitrogen and oxygen atoms in total. The average Bonchev–Trinajstić information content (AvgIpc) is 3.26. The number of guanidine groups is 1. The molecule has 1 aliphatic carbocycles. The van der Waals surface area contributed by atoms with E-state index in [1.165, 1.54) is 11.1 Å². The van der Waals surface area contributed by atoms with Crippen LogP contribution in [0, 0.1) is 5.41 Å². The molecule has 1 aromatic carbocycles. The Morgan fingerprint density at radius 1 is 1.13 bits per heavy atom. The molecular weight excluding hydrogens is 390 g/mol. The number of piperidine rings is 1. The van der Waals surface area contributed by atoms with Gasteiger partial charge in [0.05, 0.1) is 11.5 Å². The van der Waals surface area contributed by atoms with Crippen molar-refractivity contribution in [1.29, 1.82) is 0 Å². The molecule has 2 aliphatic rings. The lowest BCUT2D eigenvalue weighted by molar-refractivity contribution is -0.138. The fraction of sp³-hybridized carbons (Fsp3) is 0.667. The highest BCUT2D eigenvalue weighted by atomic mass is 16.3. The lowest BCUT2D eigenvalue weighted by Crippen LogP contribution is -2.49. The zero-order chi connectivity index (χ0) is 22.3. The van der Waals surface area contributed by atoms with E-state index in [4.69, 9.17) is 0 Å². The van der Waals surface area contributed by atoms with Gasteiger partial charge in [0.2, 0.25) is 5.91 Å². The quantitative estimate of drug-likeness (QED) is 0.456. The number of likely N-dealkylation sites (tertiary alicyclic amines) is 1. The van der Waals surface area contributed by atoms with Gasteiger partial charge in [0.15, 0.2) is 5.96 Å². The molecule has 1 aliphatic heterocycles. The standard InChI is InChI=1S/C24H39N5O2/c1-25-23(27-18-24(12-4-5-13-24)22(31)28(2)3)26-16-19-6-8-20(9-7-19)17-29-14-10-21(30)11-15-29/h6-9,21,30H,4-5,10-18H2,1-3H3,(H2,25,26,27). The molecule has 31 heavy (non-hydrogen) atoms. The summed E-state index contributed by atoms with van der Waals surface area (Å²) in [6, 6.07) is 8.67. The van der Waals surface area contributed by atoms with Crippen molar-refractivity contribution in [2.24, 2.45) is 10.4 Å². The van der Waals surface area contributed by atoms with E-state index in [2.05, 4.69) is 44.8 Å². The molecule has 1 saturated carbocycles. The molecular formula is C24H39N5O2. The number of benzene rings is 1. The molecule has 0 atom stereocenters. The van der Waals surface area contributed by atoms with Crippen LogP contribution in [0.2, 0.25) is 0 Å². The third-order valence-electron chi connectivity index (χ3n) is 6.68. The van der Waals surface area contributed by atoms with Gasteiger partial charge in [-0.25, -0.2) is 0 Å². The van der Waals surface area contributed by atoms with Gasteiger partial charge in [0.1, 0.15) is 0 Å². The highest BCUT2D eigenvalue weighted by Gasteiger charge is 2.42. The van der Waals surface area contributed by atoms with Crippen LogP contribution in [-0.2, 0) is 17.9 Å². The maximum absolute atomic E-state index is 12.7. The molecule has 0 bridgehead atoms. The first kappa shape index (κ1) is 23.5. The van der Waals surface area contributed by atoms with E-state index in [0.717, 1.165) is 64.1 Å². The molecule has 0 unspecified atom stereocenters. The molecule has 3 N–H and O–H groups in total. The predicted octanol–water partition coefficient (Wildman–Crippen LogP) is 1.96. The van der Waals surface area contributed by atoms with Crippen molar-refractivity contribution >= 4 is 11.9 Å². The number of nitrogens with zero attached hydrogens (tertiary/aromatic N) is 3. The van der Waals surface area contributed by atoms with Crippen LogP contribution in [0.5, 0.6) is 0 Å². The third kappa shape index (κ3) is 6.43. The summed E-state index contributed by atoms with van der Waals surface area (Å²) in [5.74, 6) is 0.945.